The van der Waals surface area contributed by atoms with Gasteiger partial charge in [0.2, 0.25) is 17.7 Å². The quantitative estimate of drug-likeness (QED) is 0.743. The number of aromatic nitrogens is 2. The van der Waals surface area contributed by atoms with Crippen LogP contribution in [-0.4, -0.2) is 35.0 Å². The van der Waals surface area contributed by atoms with Gasteiger partial charge in [0.25, 0.3) is 0 Å². The van der Waals surface area contributed by atoms with Crippen LogP contribution in [-0.2, 0) is 16.0 Å². The normalized spacial score (nSPS) is 17.1. The van der Waals surface area contributed by atoms with Crippen LogP contribution in [0, 0.1) is 12.8 Å². The van der Waals surface area contributed by atoms with Gasteiger partial charge in [0.05, 0.1) is 5.92 Å². The lowest BCUT2D eigenvalue weighted by molar-refractivity contribution is -0.126. The molecule has 0 radical (unpaired) electrons. The van der Waals surface area contributed by atoms with Crippen LogP contribution in [0.1, 0.15) is 24.6 Å². The molecule has 0 spiro atoms. The molecule has 3 rings (SSSR count). The first-order valence-electron chi connectivity index (χ1n) is 8.16. The first-order chi connectivity index (χ1) is 12.0. The summed E-state index contributed by atoms with van der Waals surface area (Å²) in [5, 5.41) is 6.61. The zero-order chi connectivity index (χ0) is 17.8. The molecule has 1 aliphatic heterocycles. The molecule has 1 atom stereocenters. The second-order valence-corrected chi connectivity index (χ2v) is 6.93. The van der Waals surface area contributed by atoms with E-state index in [0.717, 1.165) is 10.2 Å². The van der Waals surface area contributed by atoms with Crippen molar-refractivity contribution in [3.63, 3.8) is 0 Å². The molecule has 0 aliphatic carbocycles. The highest BCUT2D eigenvalue weighted by Gasteiger charge is 2.34. The molecule has 1 aromatic heterocycles. The summed E-state index contributed by atoms with van der Waals surface area (Å²) >= 11 is 3.40. The van der Waals surface area contributed by atoms with Crippen LogP contribution in [0.5, 0.6) is 0 Å². The van der Waals surface area contributed by atoms with Gasteiger partial charge in [-0.2, -0.15) is 4.98 Å². The molecule has 0 bridgehead atoms. The number of anilines is 1. The van der Waals surface area contributed by atoms with Gasteiger partial charge in [-0.25, -0.2) is 0 Å². The number of nitrogens with zero attached hydrogens (tertiary/aromatic N) is 3. The standard InChI is InChI=1S/C17H19BrN4O3/c1-11-20-15(25-21-11)6-3-7-19-17(24)12-8-16(23)22(10-12)14-5-2-4-13(18)9-14/h2,4-5,9,12H,3,6-8,10H2,1H3,(H,19,24). The first-order valence-corrected chi connectivity index (χ1v) is 8.95. The molecule has 1 aromatic carbocycles. The molecule has 1 aliphatic rings. The highest BCUT2D eigenvalue weighted by Crippen LogP contribution is 2.27. The smallest absolute Gasteiger partial charge is 0.227 e. The summed E-state index contributed by atoms with van der Waals surface area (Å²) < 4.78 is 5.93. The predicted molar refractivity (Wildman–Crippen MR) is 95.0 cm³/mol. The molecule has 2 amide bonds. The van der Waals surface area contributed by atoms with Gasteiger partial charge in [-0.05, 0) is 31.5 Å². The fraction of sp³-hybridized carbons (Fsp3) is 0.412. The van der Waals surface area contributed by atoms with E-state index in [1.165, 1.54) is 0 Å². The molecule has 1 unspecified atom stereocenters. The molecule has 132 valence electrons. The number of hydrogen-bond donors (Lipinski definition) is 1. The zero-order valence-corrected chi connectivity index (χ0v) is 15.5. The number of carbonyl (C=O) groups excluding carboxylic acids is 2. The first kappa shape index (κ1) is 17.6. The molecule has 2 aromatic rings. The predicted octanol–water partition coefficient (Wildman–Crippen LogP) is 2.24. The third-order valence-electron chi connectivity index (χ3n) is 4.05. The molecule has 2 heterocycles. The van der Waals surface area contributed by atoms with Crippen LogP contribution in [0.2, 0.25) is 0 Å². The van der Waals surface area contributed by atoms with Gasteiger partial charge in [0, 0.05) is 36.1 Å². The summed E-state index contributed by atoms with van der Waals surface area (Å²) in [6.45, 7) is 2.69. The fourth-order valence-corrected chi connectivity index (χ4v) is 3.20. The highest BCUT2D eigenvalue weighted by atomic mass is 79.9. The number of halogens is 1. The molecule has 25 heavy (non-hydrogen) atoms. The van der Waals surface area contributed by atoms with E-state index < -0.39 is 0 Å². The van der Waals surface area contributed by atoms with Crippen LogP contribution in [0.3, 0.4) is 0 Å². The average molecular weight is 407 g/mol. The largest absolute Gasteiger partial charge is 0.356 e. The molecule has 7 nitrogen and oxygen atoms in total. The van der Waals surface area contributed by atoms with Crippen molar-refractivity contribution in [3.8, 4) is 0 Å². The van der Waals surface area contributed by atoms with Crippen LogP contribution in [0.15, 0.2) is 33.3 Å². The lowest BCUT2D eigenvalue weighted by Crippen LogP contribution is -2.33. The van der Waals surface area contributed by atoms with Crippen molar-refractivity contribution in [2.24, 2.45) is 5.92 Å². The Morgan fingerprint density at radius 1 is 1.48 bits per heavy atom. The van der Waals surface area contributed by atoms with E-state index in [0.29, 0.717) is 37.6 Å². The van der Waals surface area contributed by atoms with E-state index in [9.17, 15) is 9.59 Å². The van der Waals surface area contributed by atoms with Gasteiger partial charge >= 0.3 is 0 Å². The van der Waals surface area contributed by atoms with Gasteiger partial charge in [0.15, 0.2) is 5.82 Å². The lowest BCUT2D eigenvalue weighted by atomic mass is 10.1. The third-order valence-corrected chi connectivity index (χ3v) is 4.55. The molecule has 1 fully saturated rings. The molecule has 1 N–H and O–H groups in total. The Hall–Kier alpha value is -2.22. The van der Waals surface area contributed by atoms with E-state index >= 15 is 0 Å². The zero-order valence-electron chi connectivity index (χ0n) is 13.9. The van der Waals surface area contributed by atoms with Crippen molar-refractivity contribution in [2.45, 2.75) is 26.2 Å². The van der Waals surface area contributed by atoms with Crippen molar-refractivity contribution in [2.75, 3.05) is 18.0 Å². The minimum Gasteiger partial charge on any atom is -0.356 e. The number of aryl methyl sites for hydroxylation is 2. The Labute approximate surface area is 153 Å². The molecule has 1 saturated heterocycles. The van der Waals surface area contributed by atoms with Gasteiger partial charge in [-0.3, -0.25) is 9.59 Å². The maximum Gasteiger partial charge on any atom is 0.227 e. The lowest BCUT2D eigenvalue weighted by Gasteiger charge is -2.17. The summed E-state index contributed by atoms with van der Waals surface area (Å²) in [5.41, 5.74) is 0.807. The van der Waals surface area contributed by atoms with Crippen molar-refractivity contribution in [1.82, 2.24) is 15.5 Å². The molecular formula is C17H19BrN4O3. The Morgan fingerprint density at radius 3 is 3.04 bits per heavy atom. The van der Waals surface area contributed by atoms with Gasteiger partial charge in [0.1, 0.15) is 0 Å². The van der Waals surface area contributed by atoms with E-state index in [2.05, 4.69) is 31.4 Å². The second-order valence-electron chi connectivity index (χ2n) is 6.02. The summed E-state index contributed by atoms with van der Waals surface area (Å²) in [7, 11) is 0. The Bertz CT molecular complexity index is 777. The maximum absolute atomic E-state index is 12.3. The van der Waals surface area contributed by atoms with E-state index in [-0.39, 0.29) is 24.2 Å². The highest BCUT2D eigenvalue weighted by molar-refractivity contribution is 9.10. The SMILES string of the molecule is Cc1noc(CCCNC(=O)C2CC(=O)N(c3cccc(Br)c3)C2)n1. The van der Waals surface area contributed by atoms with Gasteiger partial charge in [-0.1, -0.05) is 27.2 Å². The Balaban J connectivity index is 1.47. The summed E-state index contributed by atoms with van der Waals surface area (Å²) in [5.74, 6) is 0.740. The third kappa shape index (κ3) is 4.45. The average Bonchev–Trinajstić information content (AvgIpc) is 3.17. The van der Waals surface area contributed by atoms with Crippen molar-refractivity contribution >= 4 is 33.4 Å². The minimum atomic E-state index is -0.322. The van der Waals surface area contributed by atoms with Crippen molar-refractivity contribution in [3.05, 3.63) is 40.5 Å². The van der Waals surface area contributed by atoms with E-state index in [1.807, 2.05) is 24.3 Å². The molecule has 8 heteroatoms. The summed E-state index contributed by atoms with van der Waals surface area (Å²) in [4.78, 5) is 30.3. The van der Waals surface area contributed by atoms with Crippen LogP contribution >= 0.6 is 15.9 Å². The summed E-state index contributed by atoms with van der Waals surface area (Å²) in [6, 6.07) is 7.53. The molecular weight excluding hydrogens is 388 g/mol. The van der Waals surface area contributed by atoms with Crippen LogP contribution < -0.4 is 10.2 Å². The molecule has 0 saturated carbocycles. The van der Waals surface area contributed by atoms with Gasteiger partial charge < -0.3 is 14.7 Å². The second kappa shape index (κ2) is 7.77. The van der Waals surface area contributed by atoms with Crippen molar-refractivity contribution < 1.29 is 14.1 Å². The number of hydrogen-bond acceptors (Lipinski definition) is 5. The Morgan fingerprint density at radius 2 is 2.32 bits per heavy atom. The number of benzene rings is 1. The van der Waals surface area contributed by atoms with Gasteiger partial charge in [-0.15, -0.1) is 0 Å². The van der Waals surface area contributed by atoms with Crippen LogP contribution in [0.25, 0.3) is 0 Å². The minimum absolute atomic E-state index is 0.0282. The number of rotatable bonds is 6. The maximum atomic E-state index is 12.3. The van der Waals surface area contributed by atoms with E-state index in [4.69, 9.17) is 4.52 Å². The Kier molecular flexibility index (Phi) is 5.47. The fourth-order valence-electron chi connectivity index (χ4n) is 2.81. The topological polar surface area (TPSA) is 88.3 Å². The number of nitrogens with one attached hydrogen (secondary N) is 1. The van der Waals surface area contributed by atoms with Crippen molar-refractivity contribution in [1.29, 1.82) is 0 Å². The van der Waals surface area contributed by atoms with Crippen LogP contribution in [0.4, 0.5) is 5.69 Å². The van der Waals surface area contributed by atoms with E-state index in [1.54, 1.807) is 11.8 Å². The summed E-state index contributed by atoms with van der Waals surface area (Å²) in [6.07, 6.45) is 1.57. The number of amides is 2. The monoisotopic (exact) mass is 406 g/mol. The number of carbonyl (C=O) groups is 2.